The average Bonchev–Trinajstić information content (AvgIpc) is 3.56. The Bertz CT molecular complexity index is 977. The maximum Gasteiger partial charge on any atom is 0.416 e. The zero-order valence-electron chi connectivity index (χ0n) is 17.0. The summed E-state index contributed by atoms with van der Waals surface area (Å²) < 4.78 is 44.2. The minimum absolute atomic E-state index is 0.0262. The molecule has 1 saturated carbocycles. The molecule has 0 heterocycles. The van der Waals surface area contributed by atoms with Gasteiger partial charge in [-0.05, 0) is 49.6 Å². The summed E-state index contributed by atoms with van der Waals surface area (Å²) in [7, 11) is 1.37. The van der Waals surface area contributed by atoms with E-state index in [1.807, 2.05) is 4.90 Å². The van der Waals surface area contributed by atoms with Crippen LogP contribution in [0.2, 0.25) is 0 Å². The molecular formula is C21H22F3N3O4. The van der Waals surface area contributed by atoms with E-state index in [9.17, 15) is 28.1 Å². The minimum atomic E-state index is -4.45. The molecule has 1 N–H and O–H groups in total. The Kier molecular flexibility index (Phi) is 6.49. The van der Waals surface area contributed by atoms with Crippen LogP contribution in [0.15, 0.2) is 42.5 Å². The van der Waals surface area contributed by atoms with E-state index in [0.29, 0.717) is 5.56 Å². The molecule has 1 aliphatic rings. The molecule has 1 unspecified atom stereocenters. The highest BCUT2D eigenvalue weighted by Crippen LogP contribution is 2.37. The van der Waals surface area contributed by atoms with Crippen LogP contribution >= 0.6 is 0 Å². The van der Waals surface area contributed by atoms with Crippen molar-refractivity contribution in [3.05, 3.63) is 63.7 Å². The van der Waals surface area contributed by atoms with E-state index < -0.39 is 28.6 Å². The number of carbonyl (C=O) groups excluding carboxylic acids is 1. The molecule has 0 bridgehead atoms. The van der Waals surface area contributed by atoms with E-state index in [-0.39, 0.29) is 29.7 Å². The highest BCUT2D eigenvalue weighted by molar-refractivity contribution is 5.94. The maximum atomic E-state index is 13.1. The Hall–Kier alpha value is -3.14. The van der Waals surface area contributed by atoms with Crippen molar-refractivity contribution in [3.63, 3.8) is 0 Å². The van der Waals surface area contributed by atoms with Gasteiger partial charge in [0, 0.05) is 12.1 Å². The summed E-state index contributed by atoms with van der Waals surface area (Å²) >= 11 is 0. The molecule has 0 aromatic heterocycles. The number of anilines is 1. The molecule has 1 atom stereocenters. The van der Waals surface area contributed by atoms with Crippen LogP contribution in [0, 0.1) is 10.1 Å². The Morgan fingerprint density at radius 2 is 2.00 bits per heavy atom. The molecular weight excluding hydrogens is 415 g/mol. The molecule has 1 amide bonds. The number of methoxy groups -OCH3 is 1. The van der Waals surface area contributed by atoms with E-state index in [0.717, 1.165) is 25.0 Å². The second-order valence-electron chi connectivity index (χ2n) is 7.39. The first-order valence-electron chi connectivity index (χ1n) is 9.65. The number of nitro benzene ring substituents is 1. The van der Waals surface area contributed by atoms with Crippen molar-refractivity contribution in [3.8, 4) is 5.75 Å². The summed E-state index contributed by atoms with van der Waals surface area (Å²) in [5.74, 6) is -0.207. The van der Waals surface area contributed by atoms with Gasteiger partial charge in [-0.15, -0.1) is 0 Å². The Balaban J connectivity index is 1.77. The quantitative estimate of drug-likeness (QED) is 0.474. The molecule has 2 aromatic carbocycles. The van der Waals surface area contributed by atoms with Gasteiger partial charge >= 0.3 is 6.18 Å². The Morgan fingerprint density at radius 1 is 1.29 bits per heavy atom. The number of benzene rings is 2. The van der Waals surface area contributed by atoms with E-state index in [1.54, 1.807) is 13.0 Å². The average molecular weight is 437 g/mol. The van der Waals surface area contributed by atoms with Gasteiger partial charge < -0.3 is 10.1 Å². The van der Waals surface area contributed by atoms with E-state index >= 15 is 0 Å². The lowest BCUT2D eigenvalue weighted by atomic mass is 10.0. The van der Waals surface area contributed by atoms with Gasteiger partial charge in [-0.2, -0.15) is 13.2 Å². The van der Waals surface area contributed by atoms with E-state index in [2.05, 4.69) is 5.32 Å². The number of nitrogens with one attached hydrogen (secondary N) is 1. The lowest BCUT2D eigenvalue weighted by Gasteiger charge is -2.29. The smallest absolute Gasteiger partial charge is 0.416 e. The van der Waals surface area contributed by atoms with Crippen molar-refractivity contribution in [2.45, 2.75) is 38.0 Å². The third kappa shape index (κ3) is 5.52. The molecule has 31 heavy (non-hydrogen) atoms. The Labute approximate surface area is 177 Å². The van der Waals surface area contributed by atoms with Crippen molar-refractivity contribution in [2.24, 2.45) is 0 Å². The second-order valence-corrected chi connectivity index (χ2v) is 7.39. The summed E-state index contributed by atoms with van der Waals surface area (Å²) in [5, 5.41) is 13.9. The lowest BCUT2D eigenvalue weighted by Crippen LogP contribution is -2.37. The van der Waals surface area contributed by atoms with Gasteiger partial charge in [-0.1, -0.05) is 12.1 Å². The largest absolute Gasteiger partial charge is 0.496 e. The van der Waals surface area contributed by atoms with Crippen LogP contribution < -0.4 is 10.1 Å². The summed E-state index contributed by atoms with van der Waals surface area (Å²) in [4.78, 5) is 25.2. The molecule has 1 fully saturated rings. The SMILES string of the molecule is COc1ccc(NC(=O)CN(C2CC2)C(C)c2cccc(C(F)(F)F)c2)c([N+](=O)[O-])c1. The predicted molar refractivity (Wildman–Crippen MR) is 108 cm³/mol. The molecule has 0 saturated heterocycles. The van der Waals surface area contributed by atoms with Gasteiger partial charge in [0.15, 0.2) is 0 Å². The number of hydrogen-bond donors (Lipinski definition) is 1. The monoisotopic (exact) mass is 437 g/mol. The van der Waals surface area contributed by atoms with Crippen LogP contribution in [0.1, 0.15) is 36.9 Å². The number of nitro groups is 1. The number of hydrogen-bond acceptors (Lipinski definition) is 5. The number of halogens is 3. The van der Waals surface area contributed by atoms with Crippen LogP contribution in [-0.2, 0) is 11.0 Å². The van der Waals surface area contributed by atoms with Gasteiger partial charge in [-0.25, -0.2) is 0 Å². The fraction of sp³-hybridized carbons (Fsp3) is 0.381. The summed E-state index contributed by atoms with van der Waals surface area (Å²) in [6.07, 6.45) is -2.79. The number of amides is 1. The molecule has 0 spiro atoms. The topological polar surface area (TPSA) is 84.7 Å². The molecule has 166 valence electrons. The van der Waals surface area contributed by atoms with Crippen LogP contribution in [-0.4, -0.2) is 35.4 Å². The predicted octanol–water partition coefficient (Wildman–Crippen LogP) is 4.79. The second kappa shape index (κ2) is 8.93. The highest BCUT2D eigenvalue weighted by Gasteiger charge is 2.36. The standard InChI is InChI=1S/C21H22F3N3O4/c1-13(14-4-3-5-15(10-14)21(22,23)24)26(16-6-7-16)12-20(28)25-18-9-8-17(31-2)11-19(18)27(29)30/h3-5,8-11,13,16H,6-7,12H2,1-2H3,(H,25,28). The number of nitrogens with zero attached hydrogens (tertiary/aromatic N) is 2. The number of carbonyl (C=O) groups is 1. The maximum absolute atomic E-state index is 13.1. The van der Waals surface area contributed by atoms with Crippen molar-refractivity contribution in [1.29, 1.82) is 0 Å². The van der Waals surface area contributed by atoms with Gasteiger partial charge in [0.25, 0.3) is 5.69 Å². The minimum Gasteiger partial charge on any atom is -0.496 e. The molecule has 0 aliphatic heterocycles. The van der Waals surface area contributed by atoms with Gasteiger partial charge in [0.2, 0.25) is 5.91 Å². The highest BCUT2D eigenvalue weighted by atomic mass is 19.4. The first kappa shape index (κ1) is 22.5. The fourth-order valence-electron chi connectivity index (χ4n) is 3.41. The third-order valence-corrected chi connectivity index (χ3v) is 5.21. The number of rotatable bonds is 8. The normalized spacial score (nSPS) is 14.9. The van der Waals surface area contributed by atoms with Crippen LogP contribution in [0.25, 0.3) is 0 Å². The molecule has 2 aromatic rings. The van der Waals surface area contributed by atoms with Crippen molar-refractivity contribution in [2.75, 3.05) is 19.0 Å². The van der Waals surface area contributed by atoms with Gasteiger partial charge in [0.05, 0.1) is 30.2 Å². The summed E-state index contributed by atoms with van der Waals surface area (Å²) in [5.41, 5.74) is -0.578. The molecule has 10 heteroatoms. The summed E-state index contributed by atoms with van der Waals surface area (Å²) in [6.45, 7) is 1.64. The van der Waals surface area contributed by atoms with Gasteiger partial charge in [0.1, 0.15) is 11.4 Å². The molecule has 0 radical (unpaired) electrons. The number of ether oxygens (including phenoxy) is 1. The Morgan fingerprint density at radius 3 is 2.58 bits per heavy atom. The van der Waals surface area contributed by atoms with Gasteiger partial charge in [-0.3, -0.25) is 19.8 Å². The zero-order valence-corrected chi connectivity index (χ0v) is 17.0. The molecule has 1 aliphatic carbocycles. The molecule has 7 nitrogen and oxygen atoms in total. The van der Waals surface area contributed by atoms with Crippen molar-refractivity contribution < 1.29 is 27.6 Å². The van der Waals surface area contributed by atoms with Crippen LogP contribution in [0.4, 0.5) is 24.5 Å². The van der Waals surface area contributed by atoms with E-state index in [4.69, 9.17) is 4.74 Å². The first-order chi connectivity index (χ1) is 14.6. The van der Waals surface area contributed by atoms with Crippen molar-refractivity contribution >= 4 is 17.3 Å². The fourth-order valence-corrected chi connectivity index (χ4v) is 3.41. The van der Waals surface area contributed by atoms with E-state index in [1.165, 1.54) is 31.4 Å². The summed E-state index contributed by atoms with van der Waals surface area (Å²) in [6, 6.07) is 8.76. The lowest BCUT2D eigenvalue weighted by molar-refractivity contribution is -0.384. The first-order valence-corrected chi connectivity index (χ1v) is 9.65. The van der Waals surface area contributed by atoms with Crippen molar-refractivity contribution in [1.82, 2.24) is 4.90 Å². The third-order valence-electron chi connectivity index (χ3n) is 5.21. The number of alkyl halides is 3. The van der Waals surface area contributed by atoms with Crippen LogP contribution in [0.3, 0.4) is 0 Å². The molecule has 3 rings (SSSR count). The van der Waals surface area contributed by atoms with Crippen LogP contribution in [0.5, 0.6) is 5.75 Å². The zero-order chi connectivity index (χ0) is 22.8.